The maximum absolute atomic E-state index is 11.1. The minimum atomic E-state index is 0.406. The van der Waals surface area contributed by atoms with Crippen LogP contribution in [0.5, 0.6) is 11.5 Å². The highest BCUT2D eigenvalue weighted by Crippen LogP contribution is 2.33. The summed E-state index contributed by atoms with van der Waals surface area (Å²) >= 11 is 5.91. The Morgan fingerprint density at radius 2 is 2.00 bits per heavy atom. The summed E-state index contributed by atoms with van der Waals surface area (Å²) in [5, 5.41) is 0.454. The molecule has 0 spiro atoms. The van der Waals surface area contributed by atoms with Gasteiger partial charge in [0.15, 0.2) is 17.8 Å². The van der Waals surface area contributed by atoms with E-state index in [4.69, 9.17) is 21.1 Å². The molecule has 106 valence electrons. The van der Waals surface area contributed by atoms with Crippen LogP contribution < -0.4 is 9.47 Å². The van der Waals surface area contributed by atoms with Gasteiger partial charge >= 0.3 is 0 Å². The van der Waals surface area contributed by atoms with Crippen LogP contribution in [0.1, 0.15) is 24.2 Å². The molecule has 0 heterocycles. The second-order valence-electron chi connectivity index (χ2n) is 4.02. The lowest BCUT2D eigenvalue weighted by Gasteiger charge is -2.19. The van der Waals surface area contributed by atoms with Crippen molar-refractivity contribution in [3.05, 3.63) is 22.7 Å². The zero-order valence-electron chi connectivity index (χ0n) is 11.6. The Labute approximate surface area is 119 Å². The molecule has 0 aliphatic carbocycles. The number of methoxy groups -OCH3 is 1. The topological polar surface area (TPSA) is 38.8 Å². The molecule has 0 fully saturated rings. The van der Waals surface area contributed by atoms with Gasteiger partial charge in [-0.1, -0.05) is 25.4 Å². The predicted octanol–water partition coefficient (Wildman–Crippen LogP) is 2.88. The zero-order chi connectivity index (χ0) is 14.3. The van der Waals surface area contributed by atoms with Crippen molar-refractivity contribution in [2.45, 2.75) is 13.8 Å². The number of carbonyl (C=O) groups excluding carboxylic acids is 1. The van der Waals surface area contributed by atoms with Gasteiger partial charge in [-0.25, -0.2) is 0 Å². The van der Waals surface area contributed by atoms with E-state index in [1.54, 1.807) is 12.1 Å². The number of nitrogens with zero attached hydrogens (tertiary/aromatic N) is 1. The Balaban J connectivity index is 2.79. The van der Waals surface area contributed by atoms with Crippen LogP contribution in [0.25, 0.3) is 0 Å². The SMILES string of the molecule is CCN(CC)CCOc1c(C=O)cc(Cl)cc1OC. The van der Waals surface area contributed by atoms with E-state index in [-0.39, 0.29) is 0 Å². The number of hydrogen-bond donors (Lipinski definition) is 0. The van der Waals surface area contributed by atoms with Crippen LogP contribution >= 0.6 is 11.6 Å². The molecule has 1 aromatic carbocycles. The van der Waals surface area contributed by atoms with Crippen molar-refractivity contribution in [2.75, 3.05) is 33.4 Å². The van der Waals surface area contributed by atoms with Crippen molar-refractivity contribution in [1.29, 1.82) is 0 Å². The molecule has 1 aromatic rings. The smallest absolute Gasteiger partial charge is 0.171 e. The minimum absolute atomic E-state index is 0.406. The highest BCUT2D eigenvalue weighted by Gasteiger charge is 2.12. The van der Waals surface area contributed by atoms with Gasteiger partial charge in [0.25, 0.3) is 0 Å². The summed E-state index contributed by atoms with van der Waals surface area (Å²) in [5.74, 6) is 0.934. The Hall–Kier alpha value is -1.26. The molecule has 0 saturated carbocycles. The Bertz CT molecular complexity index is 419. The summed E-state index contributed by atoms with van der Waals surface area (Å²) in [6.45, 7) is 7.44. The summed E-state index contributed by atoms with van der Waals surface area (Å²) < 4.78 is 10.9. The van der Waals surface area contributed by atoms with Gasteiger partial charge < -0.3 is 14.4 Å². The highest BCUT2D eigenvalue weighted by molar-refractivity contribution is 6.31. The number of aldehydes is 1. The largest absolute Gasteiger partial charge is 0.493 e. The molecule has 0 amide bonds. The maximum atomic E-state index is 11.1. The fourth-order valence-corrected chi connectivity index (χ4v) is 2.02. The first-order valence-corrected chi connectivity index (χ1v) is 6.71. The van der Waals surface area contributed by atoms with Gasteiger partial charge in [0.05, 0.1) is 12.7 Å². The number of carbonyl (C=O) groups is 1. The Morgan fingerprint density at radius 3 is 2.53 bits per heavy atom. The third-order valence-corrected chi connectivity index (χ3v) is 3.16. The molecule has 0 radical (unpaired) electrons. The lowest BCUT2D eigenvalue weighted by molar-refractivity contribution is 0.111. The van der Waals surface area contributed by atoms with E-state index < -0.39 is 0 Å². The quantitative estimate of drug-likeness (QED) is 0.689. The Kier molecular flexibility index (Phi) is 6.67. The third kappa shape index (κ3) is 4.40. The lowest BCUT2D eigenvalue weighted by atomic mass is 10.2. The normalized spacial score (nSPS) is 10.6. The van der Waals surface area contributed by atoms with E-state index in [1.165, 1.54) is 7.11 Å². The molecular weight excluding hydrogens is 266 g/mol. The van der Waals surface area contributed by atoms with Crippen LogP contribution in [-0.4, -0.2) is 44.5 Å². The van der Waals surface area contributed by atoms with Crippen molar-refractivity contribution >= 4 is 17.9 Å². The summed E-state index contributed by atoms with van der Waals surface area (Å²) in [6.07, 6.45) is 0.723. The fourth-order valence-electron chi connectivity index (χ4n) is 1.80. The molecule has 19 heavy (non-hydrogen) atoms. The van der Waals surface area contributed by atoms with Crippen molar-refractivity contribution in [1.82, 2.24) is 4.90 Å². The van der Waals surface area contributed by atoms with Gasteiger partial charge in [0.2, 0.25) is 0 Å². The molecule has 5 heteroatoms. The second-order valence-corrected chi connectivity index (χ2v) is 4.46. The zero-order valence-corrected chi connectivity index (χ0v) is 12.4. The van der Waals surface area contributed by atoms with E-state index >= 15 is 0 Å². The molecule has 0 atom stereocenters. The van der Waals surface area contributed by atoms with Crippen LogP contribution in [0.2, 0.25) is 5.02 Å². The number of hydrogen-bond acceptors (Lipinski definition) is 4. The number of likely N-dealkylation sites (N-methyl/N-ethyl adjacent to an activating group) is 1. The Morgan fingerprint density at radius 1 is 1.32 bits per heavy atom. The summed E-state index contributed by atoms with van der Waals surface area (Å²) in [7, 11) is 1.53. The molecule has 0 aliphatic rings. The van der Waals surface area contributed by atoms with Gasteiger partial charge in [0.1, 0.15) is 6.61 Å². The molecule has 0 unspecified atom stereocenters. The van der Waals surface area contributed by atoms with Gasteiger partial charge in [0, 0.05) is 17.6 Å². The van der Waals surface area contributed by atoms with Crippen LogP contribution in [0.3, 0.4) is 0 Å². The van der Waals surface area contributed by atoms with E-state index in [0.717, 1.165) is 25.9 Å². The second kappa shape index (κ2) is 8.02. The molecule has 0 N–H and O–H groups in total. The number of halogens is 1. The molecule has 0 bridgehead atoms. The molecule has 0 saturated heterocycles. The first-order valence-electron chi connectivity index (χ1n) is 6.34. The van der Waals surface area contributed by atoms with Crippen LogP contribution in [0.15, 0.2) is 12.1 Å². The first kappa shape index (κ1) is 15.8. The summed E-state index contributed by atoms with van der Waals surface area (Å²) in [6, 6.07) is 3.21. The predicted molar refractivity (Wildman–Crippen MR) is 76.7 cm³/mol. The molecule has 1 rings (SSSR count). The summed E-state index contributed by atoms with van der Waals surface area (Å²) in [4.78, 5) is 13.3. The van der Waals surface area contributed by atoms with Crippen molar-refractivity contribution in [2.24, 2.45) is 0 Å². The van der Waals surface area contributed by atoms with E-state index in [2.05, 4.69) is 18.7 Å². The van der Waals surface area contributed by atoms with E-state index in [9.17, 15) is 4.79 Å². The average Bonchev–Trinajstić information content (AvgIpc) is 2.44. The number of rotatable bonds is 8. The van der Waals surface area contributed by atoms with E-state index in [1.807, 2.05) is 0 Å². The van der Waals surface area contributed by atoms with Crippen LogP contribution in [0.4, 0.5) is 0 Å². The molecular formula is C14H20ClNO3. The van der Waals surface area contributed by atoms with Gasteiger partial charge in [-0.15, -0.1) is 0 Å². The molecule has 0 aliphatic heterocycles. The monoisotopic (exact) mass is 285 g/mol. The van der Waals surface area contributed by atoms with Crippen LogP contribution in [-0.2, 0) is 0 Å². The minimum Gasteiger partial charge on any atom is -0.493 e. The standard InChI is InChI=1S/C14H20ClNO3/c1-4-16(5-2)6-7-19-14-11(10-17)8-12(15)9-13(14)18-3/h8-10H,4-7H2,1-3H3. The van der Waals surface area contributed by atoms with Gasteiger partial charge in [-0.2, -0.15) is 0 Å². The van der Waals surface area contributed by atoms with Gasteiger partial charge in [-0.05, 0) is 19.2 Å². The fraction of sp³-hybridized carbons (Fsp3) is 0.500. The van der Waals surface area contributed by atoms with Crippen LogP contribution in [0, 0.1) is 0 Å². The maximum Gasteiger partial charge on any atom is 0.171 e. The number of benzene rings is 1. The lowest BCUT2D eigenvalue weighted by Crippen LogP contribution is -2.28. The first-order chi connectivity index (χ1) is 9.15. The number of ether oxygens (including phenoxy) is 2. The van der Waals surface area contributed by atoms with Crippen molar-refractivity contribution < 1.29 is 14.3 Å². The van der Waals surface area contributed by atoms with Crippen molar-refractivity contribution in [3.63, 3.8) is 0 Å². The average molecular weight is 286 g/mol. The third-order valence-electron chi connectivity index (χ3n) is 2.94. The highest BCUT2D eigenvalue weighted by atomic mass is 35.5. The van der Waals surface area contributed by atoms with E-state index in [0.29, 0.717) is 28.7 Å². The van der Waals surface area contributed by atoms with Crippen molar-refractivity contribution in [3.8, 4) is 11.5 Å². The van der Waals surface area contributed by atoms with Gasteiger partial charge in [-0.3, -0.25) is 4.79 Å². The molecule has 4 nitrogen and oxygen atoms in total. The molecule has 0 aromatic heterocycles. The summed E-state index contributed by atoms with van der Waals surface area (Å²) in [5.41, 5.74) is 0.406.